The molecule has 0 aliphatic rings. The monoisotopic (exact) mass is 407 g/mol. The van der Waals surface area contributed by atoms with Crippen molar-refractivity contribution in [1.29, 1.82) is 0 Å². The van der Waals surface area contributed by atoms with Crippen LogP contribution in [-0.2, 0) is 19.1 Å². The van der Waals surface area contributed by atoms with Gasteiger partial charge in [0.25, 0.3) is 5.91 Å². The topological polar surface area (TPSA) is 106 Å². The summed E-state index contributed by atoms with van der Waals surface area (Å²) in [5, 5.41) is 2.86. The molecule has 136 valence electrons. The fraction of sp³-hybridized carbons (Fsp3) is 0.286. The third-order valence-electron chi connectivity index (χ3n) is 2.60. The number of carbonyl (C=O) groups excluding carboxylic acids is 3. The van der Waals surface area contributed by atoms with E-state index >= 15 is 0 Å². The van der Waals surface area contributed by atoms with E-state index in [2.05, 4.69) is 20.9 Å². The second-order valence-electron chi connectivity index (χ2n) is 4.49. The number of methoxy groups -OCH3 is 1. The van der Waals surface area contributed by atoms with E-state index in [0.29, 0.717) is 10.8 Å². The lowest BCUT2D eigenvalue weighted by Crippen LogP contribution is -2.49. The second kappa shape index (κ2) is 10.7. The molecule has 11 heteroatoms. The molecule has 0 saturated heterocycles. The molecule has 0 unspecified atom stereocenters. The average Bonchev–Trinajstić information content (AvgIpc) is 2.57. The van der Waals surface area contributed by atoms with Crippen LogP contribution in [0, 0.1) is 0 Å². The predicted octanol–water partition coefficient (Wildman–Crippen LogP) is 1.35. The van der Waals surface area contributed by atoms with Gasteiger partial charge in [0.1, 0.15) is 5.75 Å². The highest BCUT2D eigenvalue weighted by molar-refractivity contribution is 7.80. The van der Waals surface area contributed by atoms with Crippen molar-refractivity contribution in [3.63, 3.8) is 0 Å². The smallest absolute Gasteiger partial charge is 0.306 e. The van der Waals surface area contributed by atoms with Crippen LogP contribution in [0.15, 0.2) is 18.2 Å². The quantitative estimate of drug-likeness (QED) is 0.371. The number of hydrazine groups is 1. The average molecular weight is 408 g/mol. The number of hydrogen-bond donors (Lipinski definition) is 3. The Labute approximate surface area is 159 Å². The molecular formula is C14H15Cl2N3O5S. The van der Waals surface area contributed by atoms with Gasteiger partial charge in [0.2, 0.25) is 5.91 Å². The van der Waals surface area contributed by atoms with Gasteiger partial charge in [-0.25, -0.2) is 0 Å². The number of carbonyl (C=O) groups is 3. The molecule has 0 radical (unpaired) electrons. The van der Waals surface area contributed by atoms with E-state index in [9.17, 15) is 14.4 Å². The van der Waals surface area contributed by atoms with E-state index < -0.39 is 17.8 Å². The summed E-state index contributed by atoms with van der Waals surface area (Å²) in [4.78, 5) is 34.0. The molecule has 3 N–H and O–H groups in total. The number of halogens is 2. The summed E-state index contributed by atoms with van der Waals surface area (Å²) in [6.45, 7) is -0.340. The molecule has 25 heavy (non-hydrogen) atoms. The van der Waals surface area contributed by atoms with E-state index in [0.717, 1.165) is 0 Å². The number of esters is 1. The molecule has 0 heterocycles. The van der Waals surface area contributed by atoms with Gasteiger partial charge < -0.3 is 14.8 Å². The first-order chi connectivity index (χ1) is 11.8. The Bertz CT molecular complexity index is 672. The largest absolute Gasteiger partial charge is 0.482 e. The molecule has 1 rings (SSSR count). The minimum atomic E-state index is -0.558. The first-order valence-corrected chi connectivity index (χ1v) is 8.01. The van der Waals surface area contributed by atoms with Gasteiger partial charge >= 0.3 is 5.97 Å². The maximum absolute atomic E-state index is 11.6. The second-order valence-corrected chi connectivity index (χ2v) is 5.74. The maximum Gasteiger partial charge on any atom is 0.306 e. The fourth-order valence-electron chi connectivity index (χ4n) is 1.44. The molecule has 0 fully saturated rings. The Hall–Kier alpha value is -2.10. The van der Waals surface area contributed by atoms with Crippen LogP contribution in [0.5, 0.6) is 5.75 Å². The predicted molar refractivity (Wildman–Crippen MR) is 95.2 cm³/mol. The zero-order valence-corrected chi connectivity index (χ0v) is 15.4. The molecule has 0 bridgehead atoms. The highest BCUT2D eigenvalue weighted by Gasteiger charge is 2.10. The van der Waals surface area contributed by atoms with Crippen molar-refractivity contribution in [3.8, 4) is 5.75 Å². The van der Waals surface area contributed by atoms with E-state index in [-0.39, 0.29) is 29.6 Å². The highest BCUT2D eigenvalue weighted by atomic mass is 35.5. The number of rotatable bonds is 6. The lowest BCUT2D eigenvalue weighted by Gasteiger charge is -2.11. The Kier molecular flexibility index (Phi) is 8.96. The van der Waals surface area contributed by atoms with E-state index in [1.807, 2.05) is 0 Å². The van der Waals surface area contributed by atoms with Crippen molar-refractivity contribution in [1.82, 2.24) is 16.2 Å². The Morgan fingerprint density at radius 3 is 2.48 bits per heavy atom. The third kappa shape index (κ3) is 8.52. The highest BCUT2D eigenvalue weighted by Crippen LogP contribution is 2.27. The summed E-state index contributed by atoms with van der Waals surface area (Å²) < 4.78 is 9.63. The molecule has 1 aromatic carbocycles. The zero-order valence-electron chi connectivity index (χ0n) is 13.1. The van der Waals surface area contributed by atoms with Gasteiger partial charge in [-0.3, -0.25) is 25.2 Å². The number of thiocarbonyl (C=S) groups is 1. The van der Waals surface area contributed by atoms with Crippen molar-refractivity contribution in [2.24, 2.45) is 0 Å². The summed E-state index contributed by atoms with van der Waals surface area (Å²) in [6, 6.07) is 4.57. The summed E-state index contributed by atoms with van der Waals surface area (Å²) >= 11 is 16.5. The van der Waals surface area contributed by atoms with Gasteiger partial charge in [0.15, 0.2) is 11.7 Å². The molecule has 0 aliphatic heterocycles. The maximum atomic E-state index is 11.6. The van der Waals surface area contributed by atoms with Crippen LogP contribution in [0.2, 0.25) is 10.0 Å². The molecule has 2 amide bonds. The van der Waals surface area contributed by atoms with Crippen molar-refractivity contribution < 1.29 is 23.9 Å². The van der Waals surface area contributed by atoms with Gasteiger partial charge in [-0.15, -0.1) is 0 Å². The first kappa shape index (κ1) is 20.9. The van der Waals surface area contributed by atoms with Gasteiger partial charge in [0.05, 0.1) is 18.6 Å². The Morgan fingerprint density at radius 2 is 1.84 bits per heavy atom. The molecule has 0 atom stereocenters. The van der Waals surface area contributed by atoms with Crippen LogP contribution in [0.3, 0.4) is 0 Å². The number of amides is 2. The number of benzene rings is 1. The molecular weight excluding hydrogens is 393 g/mol. The Balaban J connectivity index is 2.27. The van der Waals surface area contributed by atoms with Gasteiger partial charge in [-0.2, -0.15) is 0 Å². The SMILES string of the molecule is COC(=O)CCC(=O)NC(=S)NNC(=O)COc1ccc(Cl)cc1Cl. The van der Waals surface area contributed by atoms with Gasteiger partial charge in [-0.1, -0.05) is 23.2 Å². The number of nitrogens with one attached hydrogen (secondary N) is 3. The van der Waals surface area contributed by atoms with Crippen LogP contribution in [0.1, 0.15) is 12.8 Å². The van der Waals surface area contributed by atoms with Crippen LogP contribution in [0.4, 0.5) is 0 Å². The van der Waals surface area contributed by atoms with E-state index in [4.69, 9.17) is 40.2 Å². The molecule has 0 aliphatic carbocycles. The lowest BCUT2D eigenvalue weighted by atomic mass is 10.3. The number of hydrogen-bond acceptors (Lipinski definition) is 6. The summed E-state index contributed by atoms with van der Waals surface area (Å²) in [7, 11) is 1.22. The van der Waals surface area contributed by atoms with E-state index in [1.54, 1.807) is 6.07 Å². The Morgan fingerprint density at radius 1 is 1.12 bits per heavy atom. The van der Waals surface area contributed by atoms with Gasteiger partial charge in [0, 0.05) is 11.4 Å². The van der Waals surface area contributed by atoms with Gasteiger partial charge in [-0.05, 0) is 30.4 Å². The lowest BCUT2D eigenvalue weighted by molar-refractivity contribution is -0.142. The normalized spacial score (nSPS) is 9.72. The summed E-state index contributed by atoms with van der Waals surface area (Å²) in [5.41, 5.74) is 4.56. The zero-order chi connectivity index (χ0) is 18.8. The van der Waals surface area contributed by atoms with E-state index in [1.165, 1.54) is 19.2 Å². The molecule has 0 spiro atoms. The van der Waals surface area contributed by atoms with Crippen molar-refractivity contribution in [3.05, 3.63) is 28.2 Å². The first-order valence-electron chi connectivity index (χ1n) is 6.85. The molecule has 0 aromatic heterocycles. The summed E-state index contributed by atoms with van der Waals surface area (Å²) in [5.74, 6) is -1.28. The van der Waals surface area contributed by atoms with Crippen molar-refractivity contribution >= 4 is 58.3 Å². The van der Waals surface area contributed by atoms with Crippen LogP contribution in [-0.4, -0.2) is 36.6 Å². The molecule has 0 saturated carbocycles. The van der Waals surface area contributed by atoms with Crippen LogP contribution in [0.25, 0.3) is 0 Å². The standard InChI is InChI=1S/C14H15Cl2N3O5S/c1-23-13(22)5-4-11(20)17-14(25)19-18-12(21)7-24-10-3-2-8(15)6-9(10)16/h2-3,6H,4-5,7H2,1H3,(H,18,21)(H2,17,19,20,25). The third-order valence-corrected chi connectivity index (χ3v) is 3.34. The fourth-order valence-corrected chi connectivity index (χ4v) is 2.06. The molecule has 1 aromatic rings. The van der Waals surface area contributed by atoms with Crippen LogP contribution >= 0.6 is 35.4 Å². The minimum absolute atomic E-state index is 0.0764. The minimum Gasteiger partial charge on any atom is -0.482 e. The summed E-state index contributed by atoms with van der Waals surface area (Å²) in [6.07, 6.45) is -0.173. The van der Waals surface area contributed by atoms with Crippen molar-refractivity contribution in [2.45, 2.75) is 12.8 Å². The molecule has 8 nitrogen and oxygen atoms in total. The van der Waals surface area contributed by atoms with Crippen molar-refractivity contribution in [2.75, 3.05) is 13.7 Å². The number of ether oxygens (including phenoxy) is 2. The van der Waals surface area contributed by atoms with Crippen LogP contribution < -0.4 is 20.9 Å².